The van der Waals surface area contributed by atoms with Crippen LogP contribution in [-0.4, -0.2) is 25.1 Å². The standard InChI is InChI=1S/C10H7N5/c1-2-4-12-7(3-1)10-9-8(14-15-10)5-11-6-13-9/h1-6H,(H,14,15). The van der Waals surface area contributed by atoms with Crippen LogP contribution in [0.25, 0.3) is 22.4 Å². The van der Waals surface area contributed by atoms with Crippen LogP contribution in [0.3, 0.4) is 0 Å². The Morgan fingerprint density at radius 1 is 1.13 bits per heavy atom. The molecule has 0 unspecified atom stereocenters. The van der Waals surface area contributed by atoms with Crippen LogP contribution in [0, 0.1) is 0 Å². The monoisotopic (exact) mass is 197 g/mol. The van der Waals surface area contributed by atoms with Gasteiger partial charge in [-0.15, -0.1) is 0 Å². The van der Waals surface area contributed by atoms with Gasteiger partial charge in [-0.25, -0.2) is 9.97 Å². The summed E-state index contributed by atoms with van der Waals surface area (Å²) in [6, 6.07) is 5.69. The first kappa shape index (κ1) is 8.05. The second-order valence-corrected chi connectivity index (χ2v) is 3.07. The molecule has 0 aliphatic heterocycles. The molecule has 0 fully saturated rings. The van der Waals surface area contributed by atoms with Gasteiger partial charge in [-0.3, -0.25) is 10.1 Å². The minimum absolute atomic E-state index is 0.757. The highest BCUT2D eigenvalue weighted by Crippen LogP contribution is 2.20. The van der Waals surface area contributed by atoms with E-state index in [9.17, 15) is 0 Å². The molecule has 0 atom stereocenters. The predicted molar refractivity (Wildman–Crippen MR) is 54.9 cm³/mol. The lowest BCUT2D eigenvalue weighted by Gasteiger charge is -1.93. The summed E-state index contributed by atoms with van der Waals surface area (Å²) in [4.78, 5) is 12.3. The third kappa shape index (κ3) is 1.25. The van der Waals surface area contributed by atoms with Crippen LogP contribution in [0.1, 0.15) is 0 Å². The number of pyridine rings is 1. The average Bonchev–Trinajstić information content (AvgIpc) is 2.74. The van der Waals surface area contributed by atoms with E-state index in [-0.39, 0.29) is 0 Å². The van der Waals surface area contributed by atoms with Crippen molar-refractivity contribution in [2.75, 3.05) is 0 Å². The summed E-state index contributed by atoms with van der Waals surface area (Å²) in [5.74, 6) is 0. The third-order valence-corrected chi connectivity index (χ3v) is 2.13. The minimum Gasteiger partial charge on any atom is -0.274 e. The second-order valence-electron chi connectivity index (χ2n) is 3.07. The molecule has 3 rings (SSSR count). The van der Waals surface area contributed by atoms with E-state index in [4.69, 9.17) is 0 Å². The van der Waals surface area contributed by atoms with Crippen LogP contribution in [0.4, 0.5) is 0 Å². The topological polar surface area (TPSA) is 67.3 Å². The molecule has 0 amide bonds. The van der Waals surface area contributed by atoms with Crippen LogP contribution in [0.2, 0.25) is 0 Å². The van der Waals surface area contributed by atoms with Gasteiger partial charge < -0.3 is 0 Å². The lowest BCUT2D eigenvalue weighted by molar-refractivity contribution is 1.11. The molecule has 5 nitrogen and oxygen atoms in total. The largest absolute Gasteiger partial charge is 0.274 e. The van der Waals surface area contributed by atoms with Gasteiger partial charge in [-0.2, -0.15) is 5.10 Å². The zero-order valence-corrected chi connectivity index (χ0v) is 7.75. The van der Waals surface area contributed by atoms with Crippen LogP contribution < -0.4 is 0 Å². The first-order valence-corrected chi connectivity index (χ1v) is 4.50. The molecule has 0 saturated carbocycles. The highest BCUT2D eigenvalue weighted by molar-refractivity contribution is 5.87. The van der Waals surface area contributed by atoms with Crippen LogP contribution in [-0.2, 0) is 0 Å². The Kier molecular flexibility index (Phi) is 1.68. The molecular weight excluding hydrogens is 190 g/mol. The molecule has 3 aromatic heterocycles. The Hall–Kier alpha value is -2.30. The third-order valence-electron chi connectivity index (χ3n) is 2.13. The molecule has 0 aliphatic carbocycles. The number of rotatable bonds is 1. The number of nitrogens with one attached hydrogen (secondary N) is 1. The second kappa shape index (κ2) is 3.13. The summed E-state index contributed by atoms with van der Waals surface area (Å²) in [7, 11) is 0. The van der Waals surface area contributed by atoms with Gasteiger partial charge in [-0.05, 0) is 12.1 Å². The zero-order chi connectivity index (χ0) is 10.1. The zero-order valence-electron chi connectivity index (χ0n) is 7.75. The van der Waals surface area contributed by atoms with Gasteiger partial charge >= 0.3 is 0 Å². The van der Waals surface area contributed by atoms with Crippen molar-refractivity contribution >= 4 is 11.0 Å². The lowest BCUT2D eigenvalue weighted by Crippen LogP contribution is -1.84. The molecule has 72 valence electrons. The Labute approximate surface area is 85.2 Å². The predicted octanol–water partition coefficient (Wildman–Crippen LogP) is 1.41. The van der Waals surface area contributed by atoms with Crippen molar-refractivity contribution in [2.45, 2.75) is 0 Å². The molecule has 0 saturated heterocycles. The van der Waals surface area contributed by atoms with E-state index in [1.54, 1.807) is 12.4 Å². The SMILES string of the molecule is c1ccc(-c2n[nH]c3cncnc23)nc1. The molecule has 1 N–H and O–H groups in total. The van der Waals surface area contributed by atoms with E-state index >= 15 is 0 Å². The van der Waals surface area contributed by atoms with Crippen molar-refractivity contribution in [3.8, 4) is 11.4 Å². The summed E-state index contributed by atoms with van der Waals surface area (Å²) in [6.45, 7) is 0. The maximum absolute atomic E-state index is 4.23. The first-order chi connectivity index (χ1) is 7.45. The van der Waals surface area contributed by atoms with Crippen molar-refractivity contribution in [3.05, 3.63) is 36.9 Å². The number of aromatic nitrogens is 5. The van der Waals surface area contributed by atoms with Gasteiger partial charge in [0.15, 0.2) is 0 Å². The number of fused-ring (bicyclic) bond motifs is 1. The van der Waals surface area contributed by atoms with E-state index in [1.807, 2.05) is 18.2 Å². The minimum atomic E-state index is 0.757. The molecule has 0 bridgehead atoms. The molecule has 0 aromatic carbocycles. The Morgan fingerprint density at radius 2 is 2.13 bits per heavy atom. The van der Waals surface area contributed by atoms with Gasteiger partial charge in [-0.1, -0.05) is 6.07 Å². The molecule has 0 spiro atoms. The number of hydrogen-bond acceptors (Lipinski definition) is 4. The highest BCUT2D eigenvalue weighted by atomic mass is 15.1. The number of aromatic amines is 1. The fourth-order valence-electron chi connectivity index (χ4n) is 1.45. The van der Waals surface area contributed by atoms with Gasteiger partial charge in [0.1, 0.15) is 23.1 Å². The summed E-state index contributed by atoms with van der Waals surface area (Å²) in [5.41, 5.74) is 3.18. The van der Waals surface area contributed by atoms with E-state index in [2.05, 4.69) is 25.1 Å². The smallest absolute Gasteiger partial charge is 0.137 e. The lowest BCUT2D eigenvalue weighted by atomic mass is 10.2. The van der Waals surface area contributed by atoms with Crippen molar-refractivity contribution in [3.63, 3.8) is 0 Å². The number of hydrogen-bond donors (Lipinski definition) is 1. The molecule has 5 heteroatoms. The van der Waals surface area contributed by atoms with E-state index < -0.39 is 0 Å². The van der Waals surface area contributed by atoms with Crippen LogP contribution >= 0.6 is 0 Å². The van der Waals surface area contributed by atoms with Crippen LogP contribution in [0.15, 0.2) is 36.9 Å². The fourth-order valence-corrected chi connectivity index (χ4v) is 1.45. The molecule has 15 heavy (non-hydrogen) atoms. The van der Waals surface area contributed by atoms with E-state index in [0.717, 1.165) is 22.4 Å². The Bertz CT molecular complexity index is 587. The summed E-state index contributed by atoms with van der Waals surface area (Å²) in [5, 5.41) is 7.05. The van der Waals surface area contributed by atoms with Gasteiger partial charge in [0.2, 0.25) is 0 Å². The highest BCUT2D eigenvalue weighted by Gasteiger charge is 2.09. The Balaban J connectivity index is 2.28. The molecule has 3 heterocycles. The summed E-state index contributed by atoms with van der Waals surface area (Å²) >= 11 is 0. The van der Waals surface area contributed by atoms with Crippen molar-refractivity contribution < 1.29 is 0 Å². The quantitative estimate of drug-likeness (QED) is 0.640. The molecule has 0 radical (unpaired) electrons. The normalized spacial score (nSPS) is 10.7. The summed E-state index contributed by atoms with van der Waals surface area (Å²) in [6.07, 6.45) is 4.93. The van der Waals surface area contributed by atoms with E-state index in [0.29, 0.717) is 0 Å². The van der Waals surface area contributed by atoms with Crippen molar-refractivity contribution in [2.24, 2.45) is 0 Å². The maximum atomic E-state index is 4.23. The molecular formula is C10H7N5. The van der Waals surface area contributed by atoms with Gasteiger partial charge in [0, 0.05) is 6.20 Å². The van der Waals surface area contributed by atoms with Crippen LogP contribution in [0.5, 0.6) is 0 Å². The molecule has 3 aromatic rings. The summed E-state index contributed by atoms with van der Waals surface area (Å²) < 4.78 is 0. The maximum Gasteiger partial charge on any atom is 0.137 e. The molecule has 0 aliphatic rings. The van der Waals surface area contributed by atoms with Crippen molar-refractivity contribution in [1.29, 1.82) is 0 Å². The van der Waals surface area contributed by atoms with E-state index in [1.165, 1.54) is 6.33 Å². The van der Waals surface area contributed by atoms with Gasteiger partial charge in [0.05, 0.1) is 11.9 Å². The number of H-pyrrole nitrogens is 1. The fraction of sp³-hybridized carbons (Fsp3) is 0. The average molecular weight is 197 g/mol. The van der Waals surface area contributed by atoms with Gasteiger partial charge in [0.25, 0.3) is 0 Å². The van der Waals surface area contributed by atoms with Crippen molar-refractivity contribution in [1.82, 2.24) is 25.1 Å². The first-order valence-electron chi connectivity index (χ1n) is 4.50. The Morgan fingerprint density at radius 3 is 3.00 bits per heavy atom. The number of nitrogens with zero attached hydrogens (tertiary/aromatic N) is 4.